The minimum atomic E-state index is -0.386. The molecule has 7 nitrogen and oxygen atoms in total. The van der Waals surface area contributed by atoms with E-state index in [0.29, 0.717) is 17.4 Å². The van der Waals surface area contributed by atoms with Gasteiger partial charge in [-0.05, 0) is 42.0 Å². The second-order valence-electron chi connectivity index (χ2n) is 8.05. The molecular weight excluding hydrogens is 496 g/mol. The Morgan fingerprint density at radius 2 is 1.71 bits per heavy atom. The molecule has 2 atom stereocenters. The molecule has 4 aromatic rings. The lowest BCUT2D eigenvalue weighted by molar-refractivity contribution is 0.222. The van der Waals surface area contributed by atoms with Crippen molar-refractivity contribution in [2.75, 3.05) is 19.5 Å². The van der Waals surface area contributed by atoms with Crippen LogP contribution in [0.1, 0.15) is 28.8 Å². The molecule has 0 amide bonds. The highest BCUT2D eigenvalue weighted by Crippen LogP contribution is 2.51. The molecule has 170 valence electrons. The lowest BCUT2D eigenvalue weighted by Crippen LogP contribution is -2.32. The van der Waals surface area contributed by atoms with Crippen LogP contribution >= 0.6 is 15.9 Å². The van der Waals surface area contributed by atoms with Crippen molar-refractivity contribution in [3.8, 4) is 17.2 Å². The first-order valence-electron chi connectivity index (χ1n) is 10.8. The molecule has 0 aliphatic carbocycles. The maximum Gasteiger partial charge on any atom is 0.226 e. The molecule has 0 bridgehead atoms. The summed E-state index contributed by atoms with van der Waals surface area (Å²) in [6, 6.07) is 22.0. The van der Waals surface area contributed by atoms with Crippen LogP contribution in [0, 0.1) is 0 Å². The Balaban J connectivity index is 1.60. The van der Waals surface area contributed by atoms with Crippen LogP contribution in [0.2, 0.25) is 0 Å². The fraction of sp³-hybridized carbons (Fsp3) is 0.154. The predicted octanol–water partition coefficient (Wildman–Crippen LogP) is 5.62. The van der Waals surface area contributed by atoms with Gasteiger partial charge in [-0.25, -0.2) is 4.68 Å². The highest BCUT2D eigenvalue weighted by atomic mass is 79.9. The lowest BCUT2D eigenvalue weighted by atomic mass is 9.84. The van der Waals surface area contributed by atoms with Crippen LogP contribution in [0.3, 0.4) is 0 Å². The van der Waals surface area contributed by atoms with Crippen molar-refractivity contribution < 1.29 is 14.2 Å². The summed E-state index contributed by atoms with van der Waals surface area (Å²) < 4.78 is 20.6. The molecule has 3 heterocycles. The number of hydrogen-bond donors (Lipinski definition) is 1. The Kier molecular flexibility index (Phi) is 5.03. The maximum atomic E-state index is 6.66. The third-order valence-electron chi connectivity index (χ3n) is 6.22. The highest BCUT2D eigenvalue weighted by Gasteiger charge is 2.41. The van der Waals surface area contributed by atoms with E-state index in [1.807, 2.05) is 53.2 Å². The fourth-order valence-electron chi connectivity index (χ4n) is 4.67. The second-order valence-corrected chi connectivity index (χ2v) is 8.96. The first-order chi connectivity index (χ1) is 16.7. The molecule has 0 spiro atoms. The van der Waals surface area contributed by atoms with Crippen molar-refractivity contribution in [2.24, 2.45) is 0 Å². The van der Waals surface area contributed by atoms with Gasteiger partial charge < -0.3 is 19.5 Å². The summed E-state index contributed by atoms with van der Waals surface area (Å²) in [7, 11) is 3.27. The molecule has 0 saturated heterocycles. The molecule has 0 saturated carbocycles. The Morgan fingerprint density at radius 1 is 0.941 bits per heavy atom. The monoisotopic (exact) mass is 516 g/mol. The zero-order chi connectivity index (χ0) is 23.2. The first kappa shape index (κ1) is 20.8. The third kappa shape index (κ3) is 3.25. The van der Waals surface area contributed by atoms with Gasteiger partial charge in [0.2, 0.25) is 5.95 Å². The molecule has 0 radical (unpaired) electrons. The van der Waals surface area contributed by atoms with E-state index in [4.69, 9.17) is 14.2 Å². The van der Waals surface area contributed by atoms with E-state index in [1.165, 1.54) is 0 Å². The molecule has 2 aliphatic rings. The van der Waals surface area contributed by atoms with Crippen LogP contribution in [0.4, 0.5) is 5.95 Å². The number of ether oxygens (including phenoxy) is 3. The fourth-order valence-corrected chi connectivity index (χ4v) is 4.94. The van der Waals surface area contributed by atoms with Crippen LogP contribution in [0.5, 0.6) is 17.2 Å². The summed E-state index contributed by atoms with van der Waals surface area (Å²) >= 11 is 3.55. The van der Waals surface area contributed by atoms with Gasteiger partial charge in [0.25, 0.3) is 0 Å². The molecule has 1 aromatic heterocycles. The van der Waals surface area contributed by atoms with Crippen LogP contribution < -0.4 is 19.5 Å². The van der Waals surface area contributed by atoms with Crippen LogP contribution in [0.15, 0.2) is 83.1 Å². The van der Waals surface area contributed by atoms with Crippen molar-refractivity contribution in [1.82, 2.24) is 14.8 Å². The number of nitrogens with one attached hydrogen (secondary N) is 1. The molecule has 2 aliphatic heterocycles. The van der Waals surface area contributed by atoms with Crippen LogP contribution in [-0.4, -0.2) is 29.0 Å². The van der Waals surface area contributed by atoms with E-state index in [-0.39, 0.29) is 12.1 Å². The average molecular weight is 517 g/mol. The van der Waals surface area contributed by atoms with Gasteiger partial charge >= 0.3 is 0 Å². The number of aromatic nitrogens is 3. The molecular formula is C26H21BrN4O3. The van der Waals surface area contributed by atoms with Crippen LogP contribution in [-0.2, 0) is 0 Å². The SMILES string of the molecule is COc1ccc([C@@H]2Oc3ccccc3C3=C2[C@H](c2ccc(Br)cc2)n2ncnc2N3)cc1OC. The number of methoxy groups -OCH3 is 2. The van der Waals surface area contributed by atoms with Gasteiger partial charge in [0.05, 0.1) is 19.9 Å². The first-order valence-corrected chi connectivity index (χ1v) is 11.6. The van der Waals surface area contributed by atoms with E-state index in [1.54, 1.807) is 20.5 Å². The average Bonchev–Trinajstić information content (AvgIpc) is 3.35. The normalized spacial score (nSPS) is 18.2. The molecule has 0 unspecified atom stereocenters. The van der Waals surface area contributed by atoms with Gasteiger partial charge in [0, 0.05) is 21.2 Å². The number of para-hydroxylation sites is 1. The Hall–Kier alpha value is -3.78. The van der Waals surface area contributed by atoms with E-state index < -0.39 is 0 Å². The Bertz CT molecular complexity index is 1410. The number of hydrogen-bond acceptors (Lipinski definition) is 6. The number of benzene rings is 3. The molecule has 8 heteroatoms. The zero-order valence-corrected chi connectivity index (χ0v) is 20.1. The van der Waals surface area contributed by atoms with Crippen LogP contribution in [0.25, 0.3) is 5.70 Å². The topological polar surface area (TPSA) is 70.4 Å². The minimum absolute atomic E-state index is 0.215. The number of fused-ring (bicyclic) bond motifs is 3. The Labute approximate surface area is 205 Å². The number of nitrogens with zero attached hydrogens (tertiary/aromatic N) is 3. The van der Waals surface area contributed by atoms with Crippen molar-refractivity contribution in [3.05, 3.63) is 99.8 Å². The molecule has 34 heavy (non-hydrogen) atoms. The summed E-state index contributed by atoms with van der Waals surface area (Å²) in [5.41, 5.74) is 5.05. The second kappa shape index (κ2) is 8.22. The standard InChI is InChI=1S/C26H21BrN4O3/c1-32-20-12-9-16(13-21(20)33-2)25-22-23(18-5-3-4-6-19(18)34-25)30-26-28-14-29-31(26)24(22)15-7-10-17(27)11-8-15/h3-14,24-25H,1-2H3,(H,28,29,30)/t24-,25-/m0/s1. The van der Waals surface area contributed by atoms with Gasteiger partial charge in [-0.1, -0.05) is 46.3 Å². The molecule has 0 fully saturated rings. The van der Waals surface area contributed by atoms with Gasteiger partial charge in [-0.3, -0.25) is 0 Å². The van der Waals surface area contributed by atoms with Gasteiger partial charge in [-0.2, -0.15) is 10.1 Å². The van der Waals surface area contributed by atoms with Gasteiger partial charge in [0.1, 0.15) is 24.2 Å². The summed E-state index contributed by atoms with van der Waals surface area (Å²) in [5.74, 6) is 2.81. The van der Waals surface area contributed by atoms with Gasteiger partial charge in [-0.15, -0.1) is 0 Å². The van der Waals surface area contributed by atoms with E-state index >= 15 is 0 Å². The molecule has 3 aromatic carbocycles. The molecule has 1 N–H and O–H groups in total. The largest absolute Gasteiger partial charge is 0.493 e. The van der Waals surface area contributed by atoms with E-state index in [2.05, 4.69) is 49.5 Å². The smallest absolute Gasteiger partial charge is 0.226 e. The maximum absolute atomic E-state index is 6.66. The molecule has 6 rings (SSSR count). The quantitative estimate of drug-likeness (QED) is 0.379. The summed E-state index contributed by atoms with van der Waals surface area (Å²) in [4.78, 5) is 4.48. The van der Waals surface area contributed by atoms with Crippen molar-refractivity contribution >= 4 is 27.6 Å². The summed E-state index contributed by atoms with van der Waals surface area (Å²) in [6.45, 7) is 0. The minimum Gasteiger partial charge on any atom is -0.493 e. The third-order valence-corrected chi connectivity index (χ3v) is 6.75. The lowest BCUT2D eigenvalue weighted by Gasteiger charge is -2.39. The Morgan fingerprint density at radius 3 is 2.50 bits per heavy atom. The summed E-state index contributed by atoms with van der Waals surface area (Å²) in [5, 5.41) is 8.09. The zero-order valence-electron chi connectivity index (χ0n) is 18.5. The highest BCUT2D eigenvalue weighted by molar-refractivity contribution is 9.10. The number of rotatable bonds is 4. The number of halogens is 1. The van der Waals surface area contributed by atoms with Crippen molar-refractivity contribution in [3.63, 3.8) is 0 Å². The predicted molar refractivity (Wildman–Crippen MR) is 132 cm³/mol. The number of anilines is 1. The van der Waals surface area contributed by atoms with E-state index in [0.717, 1.165) is 38.2 Å². The van der Waals surface area contributed by atoms with Crippen molar-refractivity contribution in [1.29, 1.82) is 0 Å². The van der Waals surface area contributed by atoms with E-state index in [9.17, 15) is 0 Å². The van der Waals surface area contributed by atoms with Gasteiger partial charge in [0.15, 0.2) is 11.5 Å². The summed E-state index contributed by atoms with van der Waals surface area (Å²) in [6.07, 6.45) is 1.19. The van der Waals surface area contributed by atoms with Crippen molar-refractivity contribution in [2.45, 2.75) is 12.1 Å².